The Kier molecular flexibility index (Phi) is 8.82. The van der Waals surface area contributed by atoms with Crippen molar-refractivity contribution >= 4 is 28.3 Å². The monoisotopic (exact) mass is 673 g/mol. The van der Waals surface area contributed by atoms with E-state index in [1.807, 2.05) is 34.1 Å². The van der Waals surface area contributed by atoms with Gasteiger partial charge >= 0.3 is 5.97 Å². The zero-order chi connectivity index (χ0) is 34.2. The standard InChI is InChI=1S/C39H43N7O4/c1-26(47)44-17-12-37-35(25-44)38(42-46(37)32-13-19-50-20-14-32)33-4-2-3-29-21-36(40-23-34(29)33)30-22-41-45(24-30)18-11-27-9-15-43(16-10-27)31-7-5-28(6-8-31)39(48)49/h2-8,21-24,27,32H,9-20,25H2,1H3,(H,48,49). The first-order chi connectivity index (χ1) is 24.4. The highest BCUT2D eigenvalue weighted by molar-refractivity contribution is 5.97. The maximum absolute atomic E-state index is 12.4. The molecule has 2 saturated heterocycles. The Morgan fingerprint density at radius 3 is 2.54 bits per heavy atom. The number of carboxylic acid groups (broad SMARTS) is 1. The predicted octanol–water partition coefficient (Wildman–Crippen LogP) is 6.22. The molecule has 0 radical (unpaired) electrons. The van der Waals surface area contributed by atoms with Gasteiger partial charge in [0, 0.05) is 105 Å². The van der Waals surface area contributed by atoms with Crippen LogP contribution in [0.4, 0.5) is 5.69 Å². The number of carbonyl (C=O) groups excluding carboxylic acids is 1. The molecule has 0 saturated carbocycles. The first kappa shape index (κ1) is 32.2. The van der Waals surface area contributed by atoms with Crippen molar-refractivity contribution in [1.82, 2.24) is 29.4 Å². The SMILES string of the molecule is CC(=O)N1CCc2c(c(-c3cccc4cc(-c5cnn(CCC6CCN(c7ccc(C(=O)O)cc7)CC6)c5)ncc34)nn2C2CCOCC2)C1. The van der Waals surface area contributed by atoms with E-state index in [9.17, 15) is 14.7 Å². The third-order valence-corrected chi connectivity index (χ3v) is 10.9. The molecular weight excluding hydrogens is 630 g/mol. The molecule has 258 valence electrons. The summed E-state index contributed by atoms with van der Waals surface area (Å²) in [5.74, 6) is -0.176. The van der Waals surface area contributed by atoms with Gasteiger partial charge in [0.1, 0.15) is 0 Å². The number of nitrogens with zero attached hydrogens (tertiary/aromatic N) is 7. The maximum atomic E-state index is 12.4. The van der Waals surface area contributed by atoms with E-state index < -0.39 is 5.97 Å². The van der Waals surface area contributed by atoms with Gasteiger partial charge in [-0.2, -0.15) is 10.2 Å². The van der Waals surface area contributed by atoms with Gasteiger partial charge in [0.25, 0.3) is 0 Å². The van der Waals surface area contributed by atoms with Crippen LogP contribution in [0.15, 0.2) is 67.1 Å². The normalized spacial score (nSPS) is 17.3. The molecule has 3 aliphatic rings. The van der Waals surface area contributed by atoms with Gasteiger partial charge in [-0.15, -0.1) is 0 Å². The van der Waals surface area contributed by atoms with Crippen LogP contribution in [0.5, 0.6) is 0 Å². The number of piperidine rings is 1. The Bertz CT molecular complexity index is 2020. The summed E-state index contributed by atoms with van der Waals surface area (Å²) in [6.07, 6.45) is 11.9. The smallest absolute Gasteiger partial charge is 0.335 e. The maximum Gasteiger partial charge on any atom is 0.335 e. The summed E-state index contributed by atoms with van der Waals surface area (Å²) in [5, 5.41) is 21.3. The van der Waals surface area contributed by atoms with Crippen molar-refractivity contribution in [1.29, 1.82) is 0 Å². The van der Waals surface area contributed by atoms with Crippen molar-refractivity contribution in [3.63, 3.8) is 0 Å². The van der Waals surface area contributed by atoms with E-state index in [0.29, 0.717) is 24.1 Å². The minimum atomic E-state index is -0.894. The highest BCUT2D eigenvalue weighted by Crippen LogP contribution is 2.37. The Labute approximate surface area is 291 Å². The molecule has 11 heteroatoms. The van der Waals surface area contributed by atoms with Crippen LogP contribution in [0.3, 0.4) is 0 Å². The second-order valence-electron chi connectivity index (χ2n) is 13.9. The minimum Gasteiger partial charge on any atom is -0.478 e. The predicted molar refractivity (Wildman–Crippen MR) is 191 cm³/mol. The number of amides is 1. The Hall–Kier alpha value is -5.03. The van der Waals surface area contributed by atoms with E-state index in [1.165, 1.54) is 5.69 Å². The molecule has 11 nitrogen and oxygen atoms in total. The first-order valence-electron chi connectivity index (χ1n) is 17.8. The fraction of sp³-hybridized carbons (Fsp3) is 0.410. The van der Waals surface area contributed by atoms with Crippen molar-refractivity contribution in [3.8, 4) is 22.5 Å². The molecule has 50 heavy (non-hydrogen) atoms. The second kappa shape index (κ2) is 13.7. The highest BCUT2D eigenvalue weighted by atomic mass is 16.5. The average Bonchev–Trinajstić information content (AvgIpc) is 3.79. The lowest BCUT2D eigenvalue weighted by Gasteiger charge is -2.33. The molecule has 2 aromatic carbocycles. The number of hydrogen-bond donors (Lipinski definition) is 1. The van der Waals surface area contributed by atoms with E-state index in [-0.39, 0.29) is 5.91 Å². The molecule has 1 amide bonds. The van der Waals surface area contributed by atoms with Gasteiger partial charge < -0.3 is 19.6 Å². The van der Waals surface area contributed by atoms with Gasteiger partial charge in [0.15, 0.2) is 0 Å². The van der Waals surface area contributed by atoms with Gasteiger partial charge in [-0.1, -0.05) is 18.2 Å². The van der Waals surface area contributed by atoms with E-state index in [4.69, 9.17) is 14.8 Å². The van der Waals surface area contributed by atoms with Gasteiger partial charge in [0.2, 0.25) is 5.91 Å². The number of aryl methyl sites for hydroxylation is 1. The molecule has 5 aromatic rings. The fourth-order valence-electron chi connectivity index (χ4n) is 7.93. The number of anilines is 1. The largest absolute Gasteiger partial charge is 0.478 e. The van der Waals surface area contributed by atoms with E-state index in [2.05, 4.69) is 45.1 Å². The average molecular weight is 674 g/mol. The van der Waals surface area contributed by atoms with Crippen LogP contribution in [0.1, 0.15) is 66.7 Å². The van der Waals surface area contributed by atoms with E-state index in [0.717, 1.165) is 122 Å². The van der Waals surface area contributed by atoms with Crippen LogP contribution in [-0.4, -0.2) is 79.3 Å². The molecule has 0 unspecified atom stereocenters. The van der Waals surface area contributed by atoms with Crippen LogP contribution in [0.25, 0.3) is 33.3 Å². The van der Waals surface area contributed by atoms with Crippen LogP contribution >= 0.6 is 0 Å². The summed E-state index contributed by atoms with van der Waals surface area (Å²) < 4.78 is 9.93. The van der Waals surface area contributed by atoms with Gasteiger partial charge in [0.05, 0.1) is 29.2 Å². The summed E-state index contributed by atoms with van der Waals surface area (Å²) in [6.45, 7) is 7.24. The highest BCUT2D eigenvalue weighted by Gasteiger charge is 2.31. The van der Waals surface area contributed by atoms with Gasteiger partial charge in [-0.05, 0) is 73.7 Å². The summed E-state index contributed by atoms with van der Waals surface area (Å²) in [7, 11) is 0. The molecule has 0 atom stereocenters. The third kappa shape index (κ3) is 6.37. The Morgan fingerprint density at radius 1 is 0.980 bits per heavy atom. The molecule has 8 rings (SSSR count). The van der Waals surface area contributed by atoms with E-state index >= 15 is 0 Å². The molecule has 6 heterocycles. The van der Waals surface area contributed by atoms with Crippen molar-refractivity contribution in [2.45, 2.75) is 64.6 Å². The molecule has 0 spiro atoms. The summed E-state index contributed by atoms with van der Waals surface area (Å²) >= 11 is 0. The Balaban J connectivity index is 0.968. The van der Waals surface area contributed by atoms with Crippen LogP contribution in [0, 0.1) is 5.92 Å². The van der Waals surface area contributed by atoms with Crippen LogP contribution in [-0.2, 0) is 29.0 Å². The Morgan fingerprint density at radius 2 is 1.78 bits per heavy atom. The zero-order valence-electron chi connectivity index (χ0n) is 28.5. The molecule has 0 bridgehead atoms. The number of aromatic carboxylic acids is 1. The number of aromatic nitrogens is 5. The lowest BCUT2D eigenvalue weighted by atomic mass is 9.93. The molecule has 1 N–H and O–H groups in total. The van der Waals surface area contributed by atoms with Crippen molar-refractivity contribution in [2.24, 2.45) is 5.92 Å². The molecular formula is C39H43N7O4. The topological polar surface area (TPSA) is 119 Å². The van der Waals surface area contributed by atoms with Gasteiger partial charge in [-0.25, -0.2) is 4.79 Å². The zero-order valence-corrected chi connectivity index (χ0v) is 28.5. The number of carboxylic acids is 1. The first-order valence-corrected chi connectivity index (χ1v) is 17.8. The summed E-state index contributed by atoms with van der Waals surface area (Å²) in [4.78, 5) is 32.8. The number of ether oxygens (including phenoxy) is 1. The summed E-state index contributed by atoms with van der Waals surface area (Å²) in [6, 6.07) is 16.0. The van der Waals surface area contributed by atoms with Crippen molar-refractivity contribution in [3.05, 3.63) is 83.9 Å². The number of benzene rings is 2. The van der Waals surface area contributed by atoms with Crippen molar-refractivity contribution < 1.29 is 19.4 Å². The molecule has 3 aromatic heterocycles. The molecule has 2 fully saturated rings. The number of rotatable bonds is 8. The number of hydrogen-bond acceptors (Lipinski definition) is 7. The number of fused-ring (bicyclic) bond motifs is 2. The van der Waals surface area contributed by atoms with Gasteiger partial charge in [-0.3, -0.25) is 19.1 Å². The lowest BCUT2D eigenvalue weighted by molar-refractivity contribution is -0.129. The summed E-state index contributed by atoms with van der Waals surface area (Å²) in [5.41, 5.74) is 7.69. The number of carbonyl (C=O) groups is 2. The molecule has 3 aliphatic heterocycles. The third-order valence-electron chi connectivity index (χ3n) is 10.9. The second-order valence-corrected chi connectivity index (χ2v) is 13.9. The van der Waals surface area contributed by atoms with Crippen molar-refractivity contribution in [2.75, 3.05) is 37.7 Å². The quantitative estimate of drug-likeness (QED) is 0.206. The van der Waals surface area contributed by atoms with Crippen LogP contribution in [0.2, 0.25) is 0 Å². The molecule has 0 aliphatic carbocycles. The fourth-order valence-corrected chi connectivity index (χ4v) is 7.93. The van der Waals surface area contributed by atoms with Crippen LogP contribution < -0.4 is 4.90 Å². The van der Waals surface area contributed by atoms with E-state index in [1.54, 1.807) is 19.1 Å². The lowest BCUT2D eigenvalue weighted by Crippen LogP contribution is -2.35. The number of pyridine rings is 1. The minimum absolute atomic E-state index is 0.0950.